The average Bonchev–Trinajstić information content (AvgIpc) is 2.87. The molecule has 3 rings (SSSR count). The van der Waals surface area contributed by atoms with Crippen LogP contribution in [0.25, 0.3) is 10.6 Å². The summed E-state index contributed by atoms with van der Waals surface area (Å²) >= 11 is 1.60. The molecule has 0 fully saturated rings. The second-order valence-electron chi connectivity index (χ2n) is 3.69. The smallest absolute Gasteiger partial charge is 0.162 e. The normalized spacial score (nSPS) is 13.7. The van der Waals surface area contributed by atoms with Gasteiger partial charge in [0, 0.05) is 23.2 Å². The molecular formula is C12H12N2O2S. The lowest BCUT2D eigenvalue weighted by molar-refractivity contribution is 0.171. The van der Waals surface area contributed by atoms with Crippen molar-refractivity contribution in [1.82, 2.24) is 4.98 Å². The predicted octanol–water partition coefficient (Wildman–Crippen LogP) is 2.04. The van der Waals surface area contributed by atoms with Crippen LogP contribution in [-0.4, -0.2) is 18.2 Å². The summed E-state index contributed by atoms with van der Waals surface area (Å²) in [5.74, 6) is 1.59. The number of hydrogen-bond acceptors (Lipinski definition) is 5. The van der Waals surface area contributed by atoms with E-state index in [1.807, 2.05) is 24.4 Å². The number of nitrogens with zero attached hydrogens (tertiary/aromatic N) is 1. The number of ether oxygens (including phenoxy) is 2. The highest BCUT2D eigenvalue weighted by Gasteiger charge is 2.13. The van der Waals surface area contributed by atoms with Crippen LogP contribution in [0.2, 0.25) is 0 Å². The van der Waals surface area contributed by atoms with Gasteiger partial charge in [-0.1, -0.05) is 0 Å². The summed E-state index contributed by atoms with van der Waals surface area (Å²) in [7, 11) is 0. The number of nitrogens with two attached hydrogens (primary N) is 1. The molecule has 0 atom stereocenters. The summed E-state index contributed by atoms with van der Waals surface area (Å²) in [5.41, 5.74) is 6.62. The maximum atomic E-state index is 5.58. The van der Waals surface area contributed by atoms with E-state index in [4.69, 9.17) is 15.2 Å². The Morgan fingerprint density at radius 1 is 1.24 bits per heavy atom. The van der Waals surface area contributed by atoms with Crippen molar-refractivity contribution >= 4 is 11.3 Å². The minimum absolute atomic E-state index is 0.530. The number of thiazole rings is 1. The summed E-state index contributed by atoms with van der Waals surface area (Å²) in [6.07, 6.45) is 1.82. The molecule has 0 amide bonds. The SMILES string of the molecule is NCc1cnc(-c2ccc3c(c2)OCCO3)s1. The Bertz CT molecular complexity index is 539. The van der Waals surface area contributed by atoms with Gasteiger partial charge in [-0.05, 0) is 18.2 Å². The van der Waals surface area contributed by atoms with Crippen molar-refractivity contribution in [2.45, 2.75) is 6.54 Å². The Labute approximate surface area is 103 Å². The fraction of sp³-hybridized carbons (Fsp3) is 0.250. The maximum absolute atomic E-state index is 5.58. The van der Waals surface area contributed by atoms with Gasteiger partial charge in [0.2, 0.25) is 0 Å². The number of rotatable bonds is 2. The Hall–Kier alpha value is -1.59. The Morgan fingerprint density at radius 3 is 2.82 bits per heavy atom. The highest BCUT2D eigenvalue weighted by molar-refractivity contribution is 7.15. The molecule has 2 N–H and O–H groups in total. The van der Waals surface area contributed by atoms with E-state index in [0.717, 1.165) is 26.9 Å². The van der Waals surface area contributed by atoms with Crippen LogP contribution in [0.5, 0.6) is 11.5 Å². The fourth-order valence-electron chi connectivity index (χ4n) is 1.71. The van der Waals surface area contributed by atoms with Crippen LogP contribution in [0.15, 0.2) is 24.4 Å². The number of hydrogen-bond donors (Lipinski definition) is 1. The fourth-order valence-corrected chi connectivity index (χ4v) is 2.50. The van der Waals surface area contributed by atoms with Gasteiger partial charge in [-0.25, -0.2) is 4.98 Å². The molecule has 1 aromatic carbocycles. The zero-order valence-electron chi connectivity index (χ0n) is 9.18. The van der Waals surface area contributed by atoms with Crippen LogP contribution >= 0.6 is 11.3 Å². The summed E-state index contributed by atoms with van der Waals surface area (Å²) in [6, 6.07) is 5.88. The first kappa shape index (κ1) is 10.6. The first-order chi connectivity index (χ1) is 8.36. The van der Waals surface area contributed by atoms with Gasteiger partial charge in [-0.2, -0.15) is 0 Å². The van der Waals surface area contributed by atoms with E-state index in [0.29, 0.717) is 19.8 Å². The lowest BCUT2D eigenvalue weighted by atomic mass is 10.2. The second kappa shape index (κ2) is 4.35. The zero-order valence-corrected chi connectivity index (χ0v) is 10.00. The van der Waals surface area contributed by atoms with Crippen LogP contribution in [0, 0.1) is 0 Å². The quantitative estimate of drug-likeness (QED) is 0.883. The first-order valence-corrected chi connectivity index (χ1v) is 6.23. The van der Waals surface area contributed by atoms with E-state index in [1.165, 1.54) is 0 Å². The molecule has 0 saturated heterocycles. The largest absolute Gasteiger partial charge is 0.486 e. The Balaban J connectivity index is 1.97. The third kappa shape index (κ3) is 1.99. The highest BCUT2D eigenvalue weighted by atomic mass is 32.1. The molecule has 1 aliphatic rings. The molecule has 17 heavy (non-hydrogen) atoms. The Morgan fingerprint density at radius 2 is 2.06 bits per heavy atom. The van der Waals surface area contributed by atoms with Gasteiger partial charge in [0.05, 0.1) is 0 Å². The van der Waals surface area contributed by atoms with E-state index in [-0.39, 0.29) is 0 Å². The van der Waals surface area contributed by atoms with Crippen molar-refractivity contribution in [2.24, 2.45) is 5.73 Å². The molecule has 1 aliphatic heterocycles. The van der Waals surface area contributed by atoms with Gasteiger partial charge in [-0.15, -0.1) is 11.3 Å². The van der Waals surface area contributed by atoms with E-state index in [1.54, 1.807) is 11.3 Å². The molecule has 2 heterocycles. The van der Waals surface area contributed by atoms with Gasteiger partial charge in [0.1, 0.15) is 18.2 Å². The zero-order chi connectivity index (χ0) is 11.7. The summed E-state index contributed by atoms with van der Waals surface area (Å²) in [6.45, 7) is 1.74. The van der Waals surface area contributed by atoms with Crippen molar-refractivity contribution in [1.29, 1.82) is 0 Å². The molecule has 88 valence electrons. The van der Waals surface area contributed by atoms with Gasteiger partial charge in [-0.3, -0.25) is 0 Å². The minimum atomic E-state index is 0.530. The molecule has 0 saturated carbocycles. The predicted molar refractivity (Wildman–Crippen MR) is 66.4 cm³/mol. The number of benzene rings is 1. The van der Waals surface area contributed by atoms with E-state index >= 15 is 0 Å². The molecule has 0 bridgehead atoms. The summed E-state index contributed by atoms with van der Waals surface area (Å²) in [5, 5.41) is 0.961. The lowest BCUT2D eigenvalue weighted by Crippen LogP contribution is -2.15. The van der Waals surface area contributed by atoms with Gasteiger partial charge >= 0.3 is 0 Å². The molecule has 0 radical (unpaired) electrons. The highest BCUT2D eigenvalue weighted by Crippen LogP contribution is 2.35. The second-order valence-corrected chi connectivity index (χ2v) is 4.81. The first-order valence-electron chi connectivity index (χ1n) is 5.41. The van der Waals surface area contributed by atoms with Crippen molar-refractivity contribution in [3.8, 4) is 22.1 Å². The van der Waals surface area contributed by atoms with Gasteiger partial charge in [0.25, 0.3) is 0 Å². The van der Waals surface area contributed by atoms with Crippen LogP contribution in [0.4, 0.5) is 0 Å². The molecule has 4 nitrogen and oxygen atoms in total. The number of aromatic nitrogens is 1. The molecule has 0 unspecified atom stereocenters. The Kier molecular flexibility index (Phi) is 2.70. The van der Waals surface area contributed by atoms with Crippen LogP contribution in [0.1, 0.15) is 4.88 Å². The molecular weight excluding hydrogens is 236 g/mol. The minimum Gasteiger partial charge on any atom is -0.486 e. The monoisotopic (exact) mass is 248 g/mol. The molecule has 5 heteroatoms. The molecule has 1 aromatic heterocycles. The van der Waals surface area contributed by atoms with Crippen LogP contribution in [0.3, 0.4) is 0 Å². The standard InChI is InChI=1S/C12H12N2O2S/c13-6-9-7-14-12(17-9)8-1-2-10-11(5-8)16-4-3-15-10/h1-2,5,7H,3-4,6,13H2. The number of fused-ring (bicyclic) bond motifs is 1. The van der Waals surface area contributed by atoms with Crippen molar-refractivity contribution in [2.75, 3.05) is 13.2 Å². The third-order valence-electron chi connectivity index (χ3n) is 2.54. The molecule has 0 aliphatic carbocycles. The average molecular weight is 248 g/mol. The topological polar surface area (TPSA) is 57.4 Å². The van der Waals surface area contributed by atoms with Gasteiger partial charge < -0.3 is 15.2 Å². The van der Waals surface area contributed by atoms with Crippen LogP contribution in [-0.2, 0) is 6.54 Å². The summed E-state index contributed by atoms with van der Waals surface area (Å²) in [4.78, 5) is 5.43. The van der Waals surface area contributed by atoms with Crippen molar-refractivity contribution in [3.05, 3.63) is 29.3 Å². The third-order valence-corrected chi connectivity index (χ3v) is 3.61. The summed E-state index contributed by atoms with van der Waals surface area (Å²) < 4.78 is 11.0. The molecule has 2 aromatic rings. The molecule has 0 spiro atoms. The van der Waals surface area contributed by atoms with Crippen molar-refractivity contribution < 1.29 is 9.47 Å². The van der Waals surface area contributed by atoms with Gasteiger partial charge in [0.15, 0.2) is 11.5 Å². The van der Waals surface area contributed by atoms with Crippen molar-refractivity contribution in [3.63, 3.8) is 0 Å². The van der Waals surface area contributed by atoms with E-state index in [2.05, 4.69) is 4.98 Å². The van der Waals surface area contributed by atoms with E-state index in [9.17, 15) is 0 Å². The maximum Gasteiger partial charge on any atom is 0.162 e. The van der Waals surface area contributed by atoms with Crippen LogP contribution < -0.4 is 15.2 Å². The van der Waals surface area contributed by atoms with E-state index < -0.39 is 0 Å². The lowest BCUT2D eigenvalue weighted by Gasteiger charge is -2.18.